The monoisotopic (exact) mass is 553 g/mol. The number of methoxy groups -OCH3 is 1. The highest BCUT2D eigenvalue weighted by atomic mass is 35.5. The minimum atomic E-state index is -3.72. The van der Waals surface area contributed by atoms with Crippen LogP contribution < -0.4 is 9.62 Å². The Morgan fingerprint density at radius 3 is 2.69 bits per heavy atom. The Morgan fingerprint density at radius 1 is 1.22 bits per heavy atom. The molecule has 1 N–H and O–H groups in total. The lowest BCUT2D eigenvalue weighted by molar-refractivity contribution is 0.205. The highest BCUT2D eigenvalue weighted by Crippen LogP contribution is 2.42. The zero-order chi connectivity index (χ0) is 25.7. The van der Waals surface area contributed by atoms with E-state index in [-0.39, 0.29) is 16.5 Å². The molecule has 12 heteroatoms. The van der Waals surface area contributed by atoms with Gasteiger partial charge < -0.3 is 9.64 Å². The largest absolute Gasteiger partial charge is 0.383 e. The molecule has 1 fully saturated rings. The molecule has 1 saturated carbocycles. The molecule has 0 unspecified atom stereocenters. The fourth-order valence-corrected chi connectivity index (χ4v) is 7.13. The third-order valence-corrected chi connectivity index (χ3v) is 9.36. The van der Waals surface area contributed by atoms with Crippen molar-refractivity contribution in [2.24, 2.45) is 0 Å². The van der Waals surface area contributed by atoms with Crippen molar-refractivity contribution < 1.29 is 17.5 Å². The minimum absolute atomic E-state index is 0.0644. The van der Waals surface area contributed by atoms with E-state index in [0.717, 1.165) is 19.3 Å². The molecule has 2 heterocycles. The number of aromatic nitrogens is 3. The number of likely N-dealkylation sites (N-methyl/N-ethyl adjacent to an activating group) is 1. The van der Waals surface area contributed by atoms with E-state index in [1.165, 1.54) is 23.6 Å². The maximum Gasteiger partial charge on any atom is 0.235 e. The van der Waals surface area contributed by atoms with E-state index < -0.39 is 21.1 Å². The fourth-order valence-electron chi connectivity index (χ4n) is 4.26. The molecule has 3 aromatic rings. The number of nitrogens with one attached hydrogen (secondary N) is 1. The Morgan fingerprint density at radius 2 is 2.00 bits per heavy atom. The highest BCUT2D eigenvalue weighted by Gasteiger charge is 2.29. The van der Waals surface area contributed by atoms with Gasteiger partial charge in [0.05, 0.1) is 33.8 Å². The van der Waals surface area contributed by atoms with E-state index in [1.807, 2.05) is 11.8 Å². The van der Waals surface area contributed by atoms with Crippen LogP contribution in [0.2, 0.25) is 5.28 Å². The molecule has 0 bridgehead atoms. The smallest absolute Gasteiger partial charge is 0.235 e. The van der Waals surface area contributed by atoms with E-state index in [1.54, 1.807) is 25.3 Å². The van der Waals surface area contributed by atoms with Crippen molar-refractivity contribution in [1.29, 1.82) is 0 Å². The van der Waals surface area contributed by atoms with Crippen molar-refractivity contribution in [3.63, 3.8) is 0 Å². The van der Waals surface area contributed by atoms with Crippen molar-refractivity contribution in [2.45, 2.75) is 44.3 Å². The summed E-state index contributed by atoms with van der Waals surface area (Å²) in [6.07, 6.45) is 5.44. The van der Waals surface area contributed by atoms with Gasteiger partial charge in [-0.15, -0.1) is 0 Å². The lowest BCUT2D eigenvalue weighted by Crippen LogP contribution is -2.30. The second-order valence-corrected chi connectivity index (χ2v) is 11.8. The lowest BCUT2D eigenvalue weighted by Gasteiger charge is -2.22. The molecule has 1 aromatic carbocycles. The zero-order valence-electron chi connectivity index (χ0n) is 20.2. The molecular weight excluding hydrogens is 525 g/mol. The summed E-state index contributed by atoms with van der Waals surface area (Å²) in [6, 6.07) is 6.33. The first-order valence-corrected chi connectivity index (χ1v) is 14.6. The Balaban J connectivity index is 1.77. The number of anilines is 2. The minimum Gasteiger partial charge on any atom is -0.383 e. The highest BCUT2D eigenvalue weighted by molar-refractivity contribution is 7.93. The summed E-state index contributed by atoms with van der Waals surface area (Å²) in [5, 5.41) is 0.217. The molecule has 0 amide bonds. The van der Waals surface area contributed by atoms with Gasteiger partial charge in [0.2, 0.25) is 15.3 Å². The number of thiazole rings is 1. The van der Waals surface area contributed by atoms with Crippen LogP contribution in [0.3, 0.4) is 0 Å². The predicted molar refractivity (Wildman–Crippen MR) is 143 cm³/mol. The Labute approximate surface area is 220 Å². The van der Waals surface area contributed by atoms with Gasteiger partial charge in [0.15, 0.2) is 10.9 Å². The average molecular weight is 554 g/mol. The standard InChI is InChI=1S/C24H29ClFN5O3S2/c1-3-31(14-15-34-2)24-29-21(22(35-24)19-12-13-27-23(25)28-19)17-10-7-11-18(20(17)26)30-36(32,33)16-8-5-4-6-9-16/h7,10-13,16,30H,3-6,8-9,14-15H2,1-2H3. The van der Waals surface area contributed by atoms with Crippen LogP contribution in [-0.2, 0) is 14.8 Å². The van der Waals surface area contributed by atoms with Crippen LogP contribution in [0.4, 0.5) is 15.2 Å². The number of halogens is 2. The van der Waals surface area contributed by atoms with Gasteiger partial charge in [-0.2, -0.15) is 0 Å². The van der Waals surface area contributed by atoms with E-state index >= 15 is 4.39 Å². The number of ether oxygens (including phenoxy) is 1. The summed E-state index contributed by atoms with van der Waals surface area (Å²) in [7, 11) is -2.09. The van der Waals surface area contributed by atoms with E-state index in [0.29, 0.717) is 53.9 Å². The summed E-state index contributed by atoms with van der Waals surface area (Å²) < 4.78 is 49.5. The molecular formula is C24H29ClFN5O3S2. The molecule has 194 valence electrons. The molecule has 0 radical (unpaired) electrons. The zero-order valence-corrected chi connectivity index (χ0v) is 22.6. The van der Waals surface area contributed by atoms with Gasteiger partial charge >= 0.3 is 0 Å². The number of sulfonamides is 1. The Hall–Kier alpha value is -2.34. The van der Waals surface area contributed by atoms with Crippen LogP contribution in [0, 0.1) is 5.82 Å². The van der Waals surface area contributed by atoms with Gasteiger partial charge in [0.1, 0.15) is 0 Å². The quantitative estimate of drug-likeness (QED) is 0.326. The van der Waals surface area contributed by atoms with E-state index in [9.17, 15) is 8.42 Å². The topological polar surface area (TPSA) is 97.3 Å². The van der Waals surface area contributed by atoms with Gasteiger partial charge in [-0.25, -0.2) is 27.8 Å². The van der Waals surface area contributed by atoms with E-state index in [2.05, 4.69) is 14.7 Å². The van der Waals surface area contributed by atoms with Crippen molar-refractivity contribution in [2.75, 3.05) is 36.4 Å². The molecule has 36 heavy (non-hydrogen) atoms. The number of rotatable bonds is 10. The molecule has 1 aliphatic carbocycles. The van der Waals surface area contributed by atoms with Gasteiger partial charge in [-0.05, 0) is 49.6 Å². The molecule has 0 spiro atoms. The van der Waals surface area contributed by atoms with Crippen LogP contribution in [0.5, 0.6) is 0 Å². The molecule has 1 aliphatic rings. The molecule has 2 aromatic heterocycles. The van der Waals surface area contributed by atoms with Crippen LogP contribution in [0.1, 0.15) is 39.0 Å². The van der Waals surface area contributed by atoms with E-state index in [4.69, 9.17) is 21.3 Å². The number of benzene rings is 1. The van der Waals surface area contributed by atoms with Gasteiger partial charge in [0.25, 0.3) is 0 Å². The maximum absolute atomic E-state index is 15.9. The molecule has 0 atom stereocenters. The first-order valence-electron chi connectivity index (χ1n) is 11.9. The molecule has 0 saturated heterocycles. The molecule has 8 nitrogen and oxygen atoms in total. The predicted octanol–water partition coefficient (Wildman–Crippen LogP) is 5.61. The lowest BCUT2D eigenvalue weighted by atomic mass is 10.0. The summed E-state index contributed by atoms with van der Waals surface area (Å²) in [6.45, 7) is 3.78. The number of nitrogens with zero attached hydrogens (tertiary/aromatic N) is 4. The molecule has 4 rings (SSSR count). The van der Waals surface area contributed by atoms with Crippen LogP contribution in [0.15, 0.2) is 30.5 Å². The summed E-state index contributed by atoms with van der Waals surface area (Å²) in [5.74, 6) is -0.685. The summed E-state index contributed by atoms with van der Waals surface area (Å²) in [5.41, 5.74) is 0.945. The third kappa shape index (κ3) is 5.96. The number of hydrogen-bond acceptors (Lipinski definition) is 8. The van der Waals surface area contributed by atoms with Crippen molar-refractivity contribution >= 4 is 43.8 Å². The SMILES string of the molecule is CCN(CCOC)c1nc(-c2cccc(NS(=O)(=O)C3CCCCC3)c2F)c(-c2ccnc(Cl)n2)s1. The first-order chi connectivity index (χ1) is 17.3. The fraction of sp³-hybridized carbons (Fsp3) is 0.458. The van der Waals surface area contributed by atoms with Gasteiger partial charge in [-0.1, -0.05) is 36.7 Å². The normalized spacial score (nSPS) is 14.7. The summed E-state index contributed by atoms with van der Waals surface area (Å²) in [4.78, 5) is 15.7. The van der Waals surface area contributed by atoms with Crippen molar-refractivity contribution in [3.8, 4) is 21.8 Å². The van der Waals surface area contributed by atoms with Crippen LogP contribution in [0.25, 0.3) is 21.8 Å². The van der Waals surface area contributed by atoms with Crippen LogP contribution >= 0.6 is 22.9 Å². The second-order valence-electron chi connectivity index (χ2n) is 8.53. The molecule has 0 aliphatic heterocycles. The first kappa shape index (κ1) is 26.7. The van der Waals surface area contributed by atoms with Crippen molar-refractivity contribution in [1.82, 2.24) is 15.0 Å². The second kappa shape index (κ2) is 11.8. The van der Waals surface area contributed by atoms with Crippen molar-refractivity contribution in [3.05, 3.63) is 41.6 Å². The van der Waals surface area contributed by atoms with Crippen LogP contribution in [-0.4, -0.2) is 55.4 Å². The maximum atomic E-state index is 15.9. The Bertz CT molecular complexity index is 1300. The van der Waals surface area contributed by atoms with Gasteiger partial charge in [-0.3, -0.25) is 4.72 Å². The summed E-state index contributed by atoms with van der Waals surface area (Å²) >= 11 is 7.40. The average Bonchev–Trinajstić information content (AvgIpc) is 3.31. The number of hydrogen-bond donors (Lipinski definition) is 1. The van der Waals surface area contributed by atoms with Gasteiger partial charge in [0, 0.05) is 32.0 Å². The Kier molecular flexibility index (Phi) is 8.76. The third-order valence-electron chi connectivity index (χ3n) is 6.19.